The van der Waals surface area contributed by atoms with Crippen LogP contribution in [0.15, 0.2) is 35.5 Å². The second-order valence-corrected chi connectivity index (χ2v) is 9.36. The zero-order valence-electron chi connectivity index (χ0n) is 21.5. The number of nitrogens with zero attached hydrogens (tertiary/aromatic N) is 3. The van der Waals surface area contributed by atoms with E-state index in [9.17, 15) is 27.6 Å². The van der Waals surface area contributed by atoms with Gasteiger partial charge in [-0.2, -0.15) is 13.2 Å². The van der Waals surface area contributed by atoms with E-state index in [0.29, 0.717) is 43.9 Å². The minimum Gasteiger partial charge on any atom is -0.463 e. The number of amides is 4. The SMILES string of the molecule is CCOC(=O)C1=C(CN2CCCN(C(=O)NC(C)C)CC2)N(C)C(=O)N[C@@H]1c1ccc(C(F)(F)F)cc1. The molecule has 12 heteroatoms. The van der Waals surface area contributed by atoms with E-state index in [1.807, 2.05) is 13.8 Å². The van der Waals surface area contributed by atoms with E-state index in [2.05, 4.69) is 15.5 Å². The topological polar surface area (TPSA) is 94.2 Å². The normalized spacial score (nSPS) is 19.6. The minimum absolute atomic E-state index is 0.0145. The molecule has 204 valence electrons. The third-order valence-electron chi connectivity index (χ3n) is 6.30. The Morgan fingerprint density at radius 2 is 1.81 bits per heavy atom. The van der Waals surface area contributed by atoms with E-state index in [0.717, 1.165) is 12.1 Å². The molecule has 2 heterocycles. The molecule has 0 aromatic heterocycles. The monoisotopic (exact) mass is 525 g/mol. The minimum atomic E-state index is -4.51. The van der Waals surface area contributed by atoms with Crippen LogP contribution in [0.25, 0.3) is 0 Å². The maximum atomic E-state index is 13.1. The summed E-state index contributed by atoms with van der Waals surface area (Å²) in [5.41, 5.74) is 0.0879. The molecule has 1 aromatic carbocycles. The van der Waals surface area contributed by atoms with Crippen LogP contribution >= 0.6 is 0 Å². The number of hydrogen-bond donors (Lipinski definition) is 2. The number of carbonyl (C=O) groups is 3. The largest absolute Gasteiger partial charge is 0.463 e. The molecule has 4 amide bonds. The number of alkyl halides is 3. The summed E-state index contributed by atoms with van der Waals surface area (Å²) in [6.45, 7) is 7.96. The highest BCUT2D eigenvalue weighted by atomic mass is 19.4. The van der Waals surface area contributed by atoms with Crippen molar-refractivity contribution in [3.8, 4) is 0 Å². The van der Waals surface area contributed by atoms with Gasteiger partial charge in [-0.3, -0.25) is 9.80 Å². The fourth-order valence-electron chi connectivity index (χ4n) is 4.39. The van der Waals surface area contributed by atoms with Gasteiger partial charge < -0.3 is 20.3 Å². The predicted molar refractivity (Wildman–Crippen MR) is 130 cm³/mol. The van der Waals surface area contributed by atoms with Crippen LogP contribution in [0.2, 0.25) is 0 Å². The van der Waals surface area contributed by atoms with Crippen molar-refractivity contribution in [2.75, 3.05) is 46.4 Å². The molecule has 0 bridgehead atoms. The first-order valence-corrected chi connectivity index (χ1v) is 12.3. The number of esters is 1. The summed E-state index contributed by atoms with van der Waals surface area (Å²) in [7, 11) is 1.53. The Hall–Kier alpha value is -3.28. The number of nitrogens with one attached hydrogen (secondary N) is 2. The van der Waals surface area contributed by atoms with Crippen molar-refractivity contribution in [1.82, 2.24) is 25.3 Å². The molecule has 0 unspecified atom stereocenters. The summed E-state index contributed by atoms with van der Waals surface area (Å²) in [5, 5.41) is 5.61. The molecule has 2 aliphatic rings. The predicted octanol–water partition coefficient (Wildman–Crippen LogP) is 3.34. The Labute approximate surface area is 214 Å². The highest BCUT2D eigenvalue weighted by molar-refractivity contribution is 5.95. The molecule has 0 spiro atoms. The zero-order valence-corrected chi connectivity index (χ0v) is 21.5. The van der Waals surface area contributed by atoms with Gasteiger partial charge in [0.05, 0.1) is 23.8 Å². The van der Waals surface area contributed by atoms with Gasteiger partial charge in [0.15, 0.2) is 0 Å². The lowest BCUT2D eigenvalue weighted by atomic mass is 9.93. The van der Waals surface area contributed by atoms with E-state index < -0.39 is 29.8 Å². The smallest absolute Gasteiger partial charge is 0.416 e. The van der Waals surface area contributed by atoms with Crippen molar-refractivity contribution in [2.45, 2.75) is 45.5 Å². The second-order valence-electron chi connectivity index (χ2n) is 9.36. The van der Waals surface area contributed by atoms with Crippen LogP contribution in [-0.4, -0.2) is 85.2 Å². The summed E-state index contributed by atoms with van der Waals surface area (Å²) in [6, 6.07) is 2.78. The van der Waals surface area contributed by atoms with E-state index >= 15 is 0 Å². The maximum Gasteiger partial charge on any atom is 0.416 e. The fourth-order valence-corrected chi connectivity index (χ4v) is 4.39. The van der Waals surface area contributed by atoms with Crippen molar-refractivity contribution >= 4 is 18.0 Å². The Kier molecular flexibility index (Phi) is 9.06. The van der Waals surface area contributed by atoms with E-state index in [4.69, 9.17) is 4.74 Å². The van der Waals surface area contributed by atoms with Crippen LogP contribution in [0.5, 0.6) is 0 Å². The molecule has 1 saturated heterocycles. The lowest BCUT2D eigenvalue weighted by molar-refractivity contribution is -0.139. The number of likely N-dealkylation sites (N-methyl/N-ethyl adjacent to an activating group) is 1. The van der Waals surface area contributed by atoms with Crippen molar-refractivity contribution in [3.63, 3.8) is 0 Å². The zero-order chi connectivity index (χ0) is 27.3. The van der Waals surface area contributed by atoms with Gasteiger partial charge in [-0.25, -0.2) is 14.4 Å². The van der Waals surface area contributed by atoms with Crippen LogP contribution < -0.4 is 10.6 Å². The standard InChI is InChI=1S/C25H34F3N5O4/c1-5-37-22(34)20-19(15-32-11-6-12-33(14-13-32)24(36)29-16(2)3)31(4)23(35)30-21(20)17-7-9-18(10-8-17)25(26,27)28/h7-10,16,21H,5-6,11-15H2,1-4H3,(H,29,36)(H,30,35)/t21-/m1/s1. The number of hydrogen-bond acceptors (Lipinski definition) is 5. The Bertz CT molecular complexity index is 1030. The number of rotatable bonds is 6. The van der Waals surface area contributed by atoms with Crippen LogP contribution in [0.1, 0.15) is 44.4 Å². The van der Waals surface area contributed by atoms with Crippen molar-refractivity contribution in [1.29, 1.82) is 0 Å². The van der Waals surface area contributed by atoms with Gasteiger partial charge in [0.25, 0.3) is 0 Å². The molecule has 1 atom stereocenters. The van der Waals surface area contributed by atoms with Gasteiger partial charge in [0.1, 0.15) is 0 Å². The molecule has 1 fully saturated rings. The lowest BCUT2D eigenvalue weighted by Crippen LogP contribution is -2.49. The van der Waals surface area contributed by atoms with E-state index in [1.165, 1.54) is 24.1 Å². The first-order valence-electron chi connectivity index (χ1n) is 12.3. The third-order valence-corrected chi connectivity index (χ3v) is 6.30. The highest BCUT2D eigenvalue weighted by Gasteiger charge is 2.38. The Balaban J connectivity index is 1.91. The van der Waals surface area contributed by atoms with Crippen LogP contribution in [0, 0.1) is 0 Å². The summed E-state index contributed by atoms with van der Waals surface area (Å²) in [6.07, 6.45) is -3.81. The van der Waals surface area contributed by atoms with E-state index in [1.54, 1.807) is 11.8 Å². The fraction of sp³-hybridized carbons (Fsp3) is 0.560. The Morgan fingerprint density at radius 1 is 1.14 bits per heavy atom. The molecule has 9 nitrogen and oxygen atoms in total. The van der Waals surface area contributed by atoms with Crippen LogP contribution in [0.3, 0.4) is 0 Å². The molecular weight excluding hydrogens is 491 g/mol. The Morgan fingerprint density at radius 3 is 2.41 bits per heavy atom. The second kappa shape index (κ2) is 11.8. The summed E-state index contributed by atoms with van der Waals surface area (Å²) in [4.78, 5) is 43.5. The molecule has 2 N–H and O–H groups in total. The molecule has 2 aliphatic heterocycles. The van der Waals surface area contributed by atoms with Gasteiger partial charge in [0.2, 0.25) is 0 Å². The molecule has 0 saturated carbocycles. The first-order chi connectivity index (χ1) is 17.4. The van der Waals surface area contributed by atoms with Crippen LogP contribution in [0.4, 0.5) is 22.8 Å². The van der Waals surface area contributed by atoms with Crippen molar-refractivity contribution < 1.29 is 32.3 Å². The third kappa shape index (κ3) is 6.94. The van der Waals surface area contributed by atoms with Crippen LogP contribution in [-0.2, 0) is 15.7 Å². The number of ether oxygens (including phenoxy) is 1. The molecule has 0 aliphatic carbocycles. The molecule has 0 radical (unpaired) electrons. The lowest BCUT2D eigenvalue weighted by Gasteiger charge is -2.36. The average Bonchev–Trinajstić information content (AvgIpc) is 3.07. The van der Waals surface area contributed by atoms with Crippen molar-refractivity contribution in [2.24, 2.45) is 0 Å². The number of urea groups is 2. The van der Waals surface area contributed by atoms with Gasteiger partial charge in [0, 0.05) is 51.5 Å². The van der Waals surface area contributed by atoms with Gasteiger partial charge in [-0.15, -0.1) is 0 Å². The van der Waals surface area contributed by atoms with Gasteiger partial charge in [-0.1, -0.05) is 12.1 Å². The molecular formula is C25H34F3N5O4. The number of carbonyl (C=O) groups excluding carboxylic acids is 3. The van der Waals surface area contributed by atoms with E-state index in [-0.39, 0.29) is 30.8 Å². The molecule has 3 rings (SSSR count). The first kappa shape index (κ1) is 28.3. The molecule has 1 aromatic rings. The summed E-state index contributed by atoms with van der Waals surface area (Å²) >= 11 is 0. The summed E-state index contributed by atoms with van der Waals surface area (Å²) < 4.78 is 44.5. The number of benzene rings is 1. The van der Waals surface area contributed by atoms with Gasteiger partial charge >= 0.3 is 24.2 Å². The van der Waals surface area contributed by atoms with Gasteiger partial charge in [-0.05, 0) is 44.9 Å². The quantitative estimate of drug-likeness (QED) is 0.556. The molecule has 37 heavy (non-hydrogen) atoms. The highest BCUT2D eigenvalue weighted by Crippen LogP contribution is 2.34. The number of halogens is 3. The summed E-state index contributed by atoms with van der Waals surface area (Å²) in [5.74, 6) is -0.651. The average molecular weight is 526 g/mol. The maximum absolute atomic E-state index is 13.1. The van der Waals surface area contributed by atoms with Crippen molar-refractivity contribution in [3.05, 3.63) is 46.7 Å².